The Morgan fingerprint density at radius 1 is 1.31 bits per heavy atom. The minimum absolute atomic E-state index is 0.0603. The molecule has 1 aromatic carbocycles. The third-order valence-electron chi connectivity index (χ3n) is 4.76. The van der Waals surface area contributed by atoms with E-state index in [1.165, 1.54) is 11.8 Å². The molecule has 0 saturated carbocycles. The molecule has 2 amide bonds. The van der Waals surface area contributed by atoms with Gasteiger partial charge in [-0.2, -0.15) is 0 Å². The second-order valence-corrected chi connectivity index (χ2v) is 8.89. The van der Waals surface area contributed by atoms with E-state index < -0.39 is 15.9 Å². The topological polar surface area (TPSA) is 99.3 Å². The molecule has 1 unspecified atom stereocenters. The summed E-state index contributed by atoms with van der Waals surface area (Å²) < 4.78 is 23.2. The van der Waals surface area contributed by atoms with Gasteiger partial charge in [-0.3, -0.25) is 9.59 Å². The molecule has 1 aromatic heterocycles. The highest BCUT2D eigenvalue weighted by Gasteiger charge is 2.34. The predicted molar refractivity (Wildman–Crippen MR) is 99.5 cm³/mol. The zero-order chi connectivity index (χ0) is 18.7. The highest BCUT2D eigenvalue weighted by molar-refractivity contribution is 7.91. The number of fused-ring (bicyclic) bond motifs is 1. The van der Waals surface area contributed by atoms with Gasteiger partial charge in [-0.1, -0.05) is 18.2 Å². The first kappa shape index (κ1) is 18.4. The fourth-order valence-electron chi connectivity index (χ4n) is 3.40. The molecule has 0 radical (unpaired) electrons. The van der Waals surface area contributed by atoms with Crippen molar-refractivity contribution in [1.29, 1.82) is 0 Å². The number of H-pyrrole nitrogens is 1. The molecule has 0 aliphatic carbocycles. The predicted octanol–water partition coefficient (Wildman–Crippen LogP) is 0.862. The first-order valence-electron chi connectivity index (χ1n) is 8.65. The highest BCUT2D eigenvalue weighted by Crippen LogP contribution is 2.19. The Hall–Kier alpha value is -2.35. The second kappa shape index (κ2) is 7.49. The number of rotatable bonds is 6. The van der Waals surface area contributed by atoms with Crippen molar-refractivity contribution in [3.63, 3.8) is 0 Å². The van der Waals surface area contributed by atoms with Crippen LogP contribution in [0.25, 0.3) is 10.9 Å². The standard InChI is InChI=1S/C18H23N3O4S/c1-13(22)21(15-7-9-26(24,25)12-15)11-18(23)19-8-6-14-10-20-17-5-3-2-4-16(14)17/h2-5,10,15,20H,6-9,11-12H2,1H3,(H,19,23). The molecule has 140 valence electrons. The van der Waals surface area contributed by atoms with E-state index in [-0.39, 0.29) is 29.9 Å². The van der Waals surface area contributed by atoms with Crippen LogP contribution in [0, 0.1) is 0 Å². The highest BCUT2D eigenvalue weighted by atomic mass is 32.2. The van der Waals surface area contributed by atoms with Gasteiger partial charge >= 0.3 is 0 Å². The lowest BCUT2D eigenvalue weighted by atomic mass is 10.1. The monoisotopic (exact) mass is 377 g/mol. The van der Waals surface area contributed by atoms with Gasteiger partial charge in [0.2, 0.25) is 11.8 Å². The molecular formula is C18H23N3O4S. The van der Waals surface area contributed by atoms with E-state index in [1.807, 2.05) is 30.5 Å². The van der Waals surface area contributed by atoms with Gasteiger partial charge in [0.1, 0.15) is 0 Å². The zero-order valence-corrected chi connectivity index (χ0v) is 15.5. The zero-order valence-electron chi connectivity index (χ0n) is 14.7. The SMILES string of the molecule is CC(=O)N(CC(=O)NCCc1c[nH]c2ccccc12)C1CCS(=O)(=O)C1. The molecule has 0 spiro atoms. The Morgan fingerprint density at radius 2 is 2.08 bits per heavy atom. The number of aromatic nitrogens is 1. The number of aromatic amines is 1. The van der Waals surface area contributed by atoms with Gasteiger partial charge in [-0.05, 0) is 24.5 Å². The van der Waals surface area contributed by atoms with Crippen LogP contribution in [-0.4, -0.2) is 60.8 Å². The van der Waals surface area contributed by atoms with E-state index in [9.17, 15) is 18.0 Å². The van der Waals surface area contributed by atoms with Gasteiger partial charge in [0.05, 0.1) is 18.1 Å². The van der Waals surface area contributed by atoms with Crippen molar-refractivity contribution in [3.8, 4) is 0 Å². The number of para-hydroxylation sites is 1. The smallest absolute Gasteiger partial charge is 0.239 e. The summed E-state index contributed by atoms with van der Waals surface area (Å²) in [5.41, 5.74) is 2.17. The lowest BCUT2D eigenvalue weighted by Gasteiger charge is -2.26. The van der Waals surface area contributed by atoms with Crippen molar-refractivity contribution in [2.24, 2.45) is 0 Å². The summed E-state index contributed by atoms with van der Waals surface area (Å²) in [4.78, 5) is 28.6. The van der Waals surface area contributed by atoms with E-state index in [2.05, 4.69) is 10.3 Å². The van der Waals surface area contributed by atoms with Crippen LogP contribution in [0.5, 0.6) is 0 Å². The minimum Gasteiger partial charge on any atom is -0.361 e. The molecule has 1 saturated heterocycles. The van der Waals surface area contributed by atoms with Crippen LogP contribution in [0.15, 0.2) is 30.5 Å². The van der Waals surface area contributed by atoms with Gasteiger partial charge in [-0.15, -0.1) is 0 Å². The normalized spacial score (nSPS) is 18.7. The maximum Gasteiger partial charge on any atom is 0.239 e. The van der Waals surface area contributed by atoms with Gasteiger partial charge in [0.25, 0.3) is 0 Å². The molecule has 26 heavy (non-hydrogen) atoms. The van der Waals surface area contributed by atoms with Crippen molar-refractivity contribution in [2.45, 2.75) is 25.8 Å². The van der Waals surface area contributed by atoms with Crippen LogP contribution in [0.1, 0.15) is 18.9 Å². The van der Waals surface area contributed by atoms with Gasteiger partial charge in [0.15, 0.2) is 9.84 Å². The van der Waals surface area contributed by atoms with Crippen molar-refractivity contribution in [2.75, 3.05) is 24.6 Å². The molecule has 7 nitrogen and oxygen atoms in total. The third-order valence-corrected chi connectivity index (χ3v) is 6.51. The van der Waals surface area contributed by atoms with E-state index in [0.717, 1.165) is 16.5 Å². The Labute approximate surface area is 152 Å². The Bertz CT molecular complexity index is 919. The van der Waals surface area contributed by atoms with Crippen molar-refractivity contribution in [3.05, 3.63) is 36.0 Å². The van der Waals surface area contributed by atoms with Crippen LogP contribution in [0.3, 0.4) is 0 Å². The molecule has 2 aromatic rings. The van der Waals surface area contributed by atoms with E-state index in [1.54, 1.807) is 0 Å². The molecule has 0 bridgehead atoms. The number of hydrogen-bond donors (Lipinski definition) is 2. The summed E-state index contributed by atoms with van der Waals surface area (Å²) in [5.74, 6) is -0.540. The molecule has 1 aliphatic rings. The molecule has 1 fully saturated rings. The summed E-state index contributed by atoms with van der Waals surface area (Å²) in [7, 11) is -3.11. The average Bonchev–Trinajstić information content (AvgIpc) is 3.16. The summed E-state index contributed by atoms with van der Waals surface area (Å²) in [6, 6.07) is 7.55. The third kappa shape index (κ3) is 4.24. The number of carbonyl (C=O) groups excluding carboxylic acids is 2. The first-order chi connectivity index (χ1) is 12.4. The number of hydrogen-bond acceptors (Lipinski definition) is 4. The summed E-state index contributed by atoms with van der Waals surface area (Å²) >= 11 is 0. The number of sulfone groups is 1. The molecular weight excluding hydrogens is 354 g/mol. The summed E-state index contributed by atoms with van der Waals surface area (Å²) in [6.07, 6.45) is 3.00. The lowest BCUT2D eigenvalue weighted by molar-refractivity contribution is -0.136. The number of nitrogens with one attached hydrogen (secondary N) is 2. The number of amides is 2. The second-order valence-electron chi connectivity index (χ2n) is 6.66. The van der Waals surface area contributed by atoms with E-state index >= 15 is 0 Å². The quantitative estimate of drug-likeness (QED) is 0.780. The minimum atomic E-state index is -3.11. The number of carbonyl (C=O) groups is 2. The molecule has 8 heteroatoms. The first-order valence-corrected chi connectivity index (χ1v) is 10.5. The molecule has 2 N–H and O–H groups in total. The maximum atomic E-state index is 12.2. The van der Waals surface area contributed by atoms with Gasteiger partial charge in [0, 0.05) is 36.6 Å². The van der Waals surface area contributed by atoms with E-state index in [4.69, 9.17) is 0 Å². The van der Waals surface area contributed by atoms with Crippen LogP contribution in [0.2, 0.25) is 0 Å². The summed E-state index contributed by atoms with van der Waals surface area (Å²) in [5, 5.41) is 3.95. The maximum absolute atomic E-state index is 12.2. The number of benzene rings is 1. The molecule has 3 rings (SSSR count). The van der Waals surface area contributed by atoms with Crippen LogP contribution in [0.4, 0.5) is 0 Å². The van der Waals surface area contributed by atoms with E-state index in [0.29, 0.717) is 19.4 Å². The average molecular weight is 377 g/mol. The van der Waals surface area contributed by atoms with Crippen LogP contribution < -0.4 is 5.32 Å². The van der Waals surface area contributed by atoms with Crippen LogP contribution in [-0.2, 0) is 25.8 Å². The van der Waals surface area contributed by atoms with Crippen LogP contribution >= 0.6 is 0 Å². The fraction of sp³-hybridized carbons (Fsp3) is 0.444. The van der Waals surface area contributed by atoms with Crippen molar-refractivity contribution >= 4 is 32.6 Å². The largest absolute Gasteiger partial charge is 0.361 e. The number of nitrogens with zero attached hydrogens (tertiary/aromatic N) is 1. The molecule has 1 atom stereocenters. The Kier molecular flexibility index (Phi) is 5.31. The lowest BCUT2D eigenvalue weighted by Crippen LogP contribution is -2.46. The van der Waals surface area contributed by atoms with Gasteiger partial charge < -0.3 is 15.2 Å². The summed E-state index contributed by atoms with van der Waals surface area (Å²) in [6.45, 7) is 1.71. The molecule has 2 heterocycles. The molecule has 1 aliphatic heterocycles. The van der Waals surface area contributed by atoms with Crippen molar-refractivity contribution < 1.29 is 18.0 Å². The fourth-order valence-corrected chi connectivity index (χ4v) is 5.14. The van der Waals surface area contributed by atoms with Gasteiger partial charge in [-0.25, -0.2) is 8.42 Å². The Morgan fingerprint density at radius 3 is 2.77 bits per heavy atom. The van der Waals surface area contributed by atoms with Crippen molar-refractivity contribution in [1.82, 2.24) is 15.2 Å². The Balaban J connectivity index is 1.53.